The van der Waals surface area contributed by atoms with E-state index in [4.69, 9.17) is 5.73 Å². The highest BCUT2D eigenvalue weighted by Gasteiger charge is 2.06. The Kier molecular flexibility index (Phi) is 6.60. The van der Waals surface area contributed by atoms with Gasteiger partial charge in [-0.25, -0.2) is 0 Å². The van der Waals surface area contributed by atoms with Crippen molar-refractivity contribution < 1.29 is 0 Å². The molecule has 2 N–H and O–H groups in total. The van der Waals surface area contributed by atoms with Gasteiger partial charge in [0.1, 0.15) is 0 Å². The summed E-state index contributed by atoms with van der Waals surface area (Å²) in [6.07, 6.45) is 0. The van der Waals surface area contributed by atoms with Crippen molar-refractivity contribution in [2.24, 2.45) is 0 Å². The third-order valence-corrected chi connectivity index (χ3v) is 2.59. The summed E-state index contributed by atoms with van der Waals surface area (Å²) in [5, 5.41) is 0. The van der Waals surface area contributed by atoms with E-state index in [1.807, 2.05) is 44.4 Å². The summed E-state index contributed by atoms with van der Waals surface area (Å²) in [6, 6.07) is 16.3. The molecule has 2 rings (SSSR count). The van der Waals surface area contributed by atoms with Crippen LogP contribution in [0.15, 0.2) is 48.5 Å². The Morgan fingerprint density at radius 2 is 1.50 bits per heavy atom. The number of nitrogens with zero attached hydrogens (tertiary/aromatic N) is 1. The minimum atomic E-state index is 0. The summed E-state index contributed by atoms with van der Waals surface area (Å²) in [5.41, 5.74) is 10.2. The van der Waals surface area contributed by atoms with Crippen LogP contribution in [0.1, 0.15) is 0 Å². The molecule has 0 aliphatic heterocycles. The number of benzene rings is 2. The molecule has 0 saturated heterocycles. The topological polar surface area (TPSA) is 29.3 Å². The van der Waals surface area contributed by atoms with E-state index in [2.05, 4.69) is 23.1 Å². The molecule has 0 radical (unpaired) electrons. The van der Waals surface area contributed by atoms with Gasteiger partial charge in [0.25, 0.3) is 0 Å². The molecule has 0 aliphatic rings. The first-order valence-corrected chi connectivity index (χ1v) is 5.31. The smallest absolute Gasteiger partial charge is 0.0442 e. The summed E-state index contributed by atoms with van der Waals surface area (Å²) in [5.74, 6) is 0. The highest BCUT2D eigenvalue weighted by atomic mass is 35.5. The Balaban J connectivity index is 0.00000144. The van der Waals surface area contributed by atoms with Crippen molar-refractivity contribution in [1.82, 2.24) is 0 Å². The Morgan fingerprint density at radius 1 is 0.889 bits per heavy atom. The van der Waals surface area contributed by atoms with Crippen molar-refractivity contribution in [3.63, 3.8) is 0 Å². The van der Waals surface area contributed by atoms with Crippen LogP contribution >= 0.6 is 24.8 Å². The first kappa shape index (κ1) is 16.6. The molecule has 0 amide bonds. The van der Waals surface area contributed by atoms with Gasteiger partial charge in [-0.3, -0.25) is 0 Å². The van der Waals surface area contributed by atoms with E-state index in [0.29, 0.717) is 0 Å². The van der Waals surface area contributed by atoms with Crippen LogP contribution in [0.4, 0.5) is 11.4 Å². The number of halogens is 2. The fourth-order valence-electron chi connectivity index (χ4n) is 1.79. The maximum absolute atomic E-state index is 5.85. The average molecular weight is 285 g/mol. The molecule has 0 spiro atoms. The van der Waals surface area contributed by atoms with Crippen molar-refractivity contribution in [1.29, 1.82) is 0 Å². The van der Waals surface area contributed by atoms with E-state index < -0.39 is 0 Å². The first-order chi connectivity index (χ1) is 7.68. The summed E-state index contributed by atoms with van der Waals surface area (Å²) >= 11 is 0. The zero-order valence-electron chi connectivity index (χ0n) is 10.5. The van der Waals surface area contributed by atoms with Crippen molar-refractivity contribution in [2.75, 3.05) is 24.7 Å². The number of nitrogen functional groups attached to an aromatic ring is 1. The lowest BCUT2D eigenvalue weighted by Gasteiger charge is -2.18. The highest BCUT2D eigenvalue weighted by Crippen LogP contribution is 2.31. The van der Waals surface area contributed by atoms with E-state index in [9.17, 15) is 0 Å². The second kappa shape index (κ2) is 7.14. The van der Waals surface area contributed by atoms with Crippen LogP contribution in [-0.4, -0.2) is 14.1 Å². The SMILES string of the molecule is CN(C)c1ccc(N)cc1-c1ccccc1.Cl.Cl. The lowest BCUT2D eigenvalue weighted by Crippen LogP contribution is -2.10. The second-order valence-corrected chi connectivity index (χ2v) is 4.04. The molecular weight excluding hydrogens is 267 g/mol. The van der Waals surface area contributed by atoms with E-state index >= 15 is 0 Å². The average Bonchev–Trinajstić information content (AvgIpc) is 2.29. The minimum absolute atomic E-state index is 0. The Bertz CT molecular complexity index is 484. The molecule has 4 heteroatoms. The molecule has 0 aliphatic carbocycles. The molecule has 0 aromatic heterocycles. The van der Waals surface area contributed by atoms with Gasteiger partial charge in [0, 0.05) is 31.0 Å². The van der Waals surface area contributed by atoms with Crippen LogP contribution in [0.2, 0.25) is 0 Å². The quantitative estimate of drug-likeness (QED) is 0.849. The molecule has 0 bridgehead atoms. The van der Waals surface area contributed by atoms with E-state index in [1.165, 1.54) is 16.8 Å². The fourth-order valence-corrected chi connectivity index (χ4v) is 1.79. The zero-order chi connectivity index (χ0) is 11.5. The van der Waals surface area contributed by atoms with E-state index in [-0.39, 0.29) is 24.8 Å². The first-order valence-electron chi connectivity index (χ1n) is 5.31. The number of nitrogens with two attached hydrogens (primary N) is 1. The number of anilines is 2. The van der Waals surface area contributed by atoms with Gasteiger partial charge >= 0.3 is 0 Å². The highest BCUT2D eigenvalue weighted by molar-refractivity contribution is 5.85. The van der Waals surface area contributed by atoms with Crippen LogP contribution in [0.5, 0.6) is 0 Å². The summed E-state index contributed by atoms with van der Waals surface area (Å²) in [4.78, 5) is 2.10. The van der Waals surface area contributed by atoms with E-state index in [0.717, 1.165) is 5.69 Å². The van der Waals surface area contributed by atoms with Crippen molar-refractivity contribution in [2.45, 2.75) is 0 Å². The predicted molar refractivity (Wildman–Crippen MR) is 85.1 cm³/mol. The second-order valence-electron chi connectivity index (χ2n) is 4.04. The maximum Gasteiger partial charge on any atom is 0.0442 e. The Hall–Kier alpha value is -1.38. The van der Waals surface area contributed by atoms with Crippen molar-refractivity contribution in [3.05, 3.63) is 48.5 Å². The van der Waals surface area contributed by atoms with Crippen molar-refractivity contribution >= 4 is 36.2 Å². The summed E-state index contributed by atoms with van der Waals surface area (Å²) in [6.45, 7) is 0. The molecule has 18 heavy (non-hydrogen) atoms. The lowest BCUT2D eigenvalue weighted by atomic mass is 10.0. The molecule has 2 nitrogen and oxygen atoms in total. The monoisotopic (exact) mass is 284 g/mol. The number of rotatable bonds is 2. The number of hydrogen-bond acceptors (Lipinski definition) is 2. The van der Waals surface area contributed by atoms with Crippen molar-refractivity contribution in [3.8, 4) is 11.1 Å². The molecule has 0 heterocycles. The van der Waals surface area contributed by atoms with Gasteiger partial charge in [-0.05, 0) is 23.8 Å². The van der Waals surface area contributed by atoms with Crippen LogP contribution in [0, 0.1) is 0 Å². The normalized spacial score (nSPS) is 9.00. The molecular formula is C14H18Cl2N2. The van der Waals surface area contributed by atoms with Gasteiger partial charge in [0.05, 0.1) is 0 Å². The Morgan fingerprint density at radius 3 is 2.06 bits per heavy atom. The minimum Gasteiger partial charge on any atom is -0.399 e. The Labute approximate surface area is 121 Å². The number of hydrogen-bond donors (Lipinski definition) is 1. The summed E-state index contributed by atoms with van der Waals surface area (Å²) < 4.78 is 0. The lowest BCUT2D eigenvalue weighted by molar-refractivity contribution is 1.13. The third-order valence-electron chi connectivity index (χ3n) is 2.59. The molecule has 0 fully saturated rings. The summed E-state index contributed by atoms with van der Waals surface area (Å²) in [7, 11) is 4.08. The van der Waals surface area contributed by atoms with Crippen LogP contribution in [0.3, 0.4) is 0 Å². The largest absolute Gasteiger partial charge is 0.399 e. The fraction of sp³-hybridized carbons (Fsp3) is 0.143. The van der Waals surface area contributed by atoms with Gasteiger partial charge in [0.15, 0.2) is 0 Å². The zero-order valence-corrected chi connectivity index (χ0v) is 12.1. The molecule has 2 aromatic carbocycles. The van der Waals surface area contributed by atoms with Gasteiger partial charge in [-0.15, -0.1) is 24.8 Å². The molecule has 0 saturated carbocycles. The van der Waals surface area contributed by atoms with Gasteiger partial charge < -0.3 is 10.6 Å². The van der Waals surface area contributed by atoms with Gasteiger partial charge in [-0.2, -0.15) is 0 Å². The van der Waals surface area contributed by atoms with Crippen LogP contribution in [-0.2, 0) is 0 Å². The van der Waals surface area contributed by atoms with Gasteiger partial charge in [0.2, 0.25) is 0 Å². The standard InChI is InChI=1S/C14H16N2.2ClH/c1-16(2)14-9-8-12(15)10-13(14)11-6-4-3-5-7-11;;/h3-10H,15H2,1-2H3;2*1H. The molecule has 0 atom stereocenters. The maximum atomic E-state index is 5.85. The molecule has 2 aromatic rings. The third kappa shape index (κ3) is 3.56. The molecule has 0 unspecified atom stereocenters. The van der Waals surface area contributed by atoms with Gasteiger partial charge in [-0.1, -0.05) is 30.3 Å². The van der Waals surface area contributed by atoms with Crippen LogP contribution in [0.25, 0.3) is 11.1 Å². The van der Waals surface area contributed by atoms with E-state index in [1.54, 1.807) is 0 Å². The van der Waals surface area contributed by atoms with Crippen LogP contribution < -0.4 is 10.6 Å². The predicted octanol–water partition coefficient (Wildman–Crippen LogP) is 3.85. The molecule has 98 valence electrons.